The van der Waals surface area contributed by atoms with E-state index in [4.69, 9.17) is 0 Å². The number of aliphatic hydroxyl groups is 1. The van der Waals surface area contributed by atoms with Gasteiger partial charge in [0.15, 0.2) is 0 Å². The summed E-state index contributed by atoms with van der Waals surface area (Å²) in [5, 5.41) is 15.9. The molecule has 4 heteroatoms. The first-order chi connectivity index (χ1) is 11.6. The number of hydrogen-bond acceptors (Lipinski definition) is 3. The second-order valence-corrected chi connectivity index (χ2v) is 6.66. The molecular formula is C20H27N3O. The van der Waals surface area contributed by atoms with Crippen LogP contribution < -0.4 is 5.32 Å². The molecule has 0 bridgehead atoms. The molecule has 1 atom stereocenters. The number of aliphatic hydroxyl groups excluding tert-OH is 1. The average molecular weight is 325 g/mol. The van der Waals surface area contributed by atoms with Gasteiger partial charge in [-0.3, -0.25) is 0 Å². The fraction of sp³-hybridized carbons (Fsp3) is 0.400. The molecule has 0 fully saturated rings. The number of benzene rings is 2. The summed E-state index contributed by atoms with van der Waals surface area (Å²) in [6.45, 7) is 5.21. The monoisotopic (exact) mass is 325 g/mol. The summed E-state index contributed by atoms with van der Waals surface area (Å²) in [7, 11) is 3.95. The highest BCUT2D eigenvalue weighted by atomic mass is 16.3. The van der Waals surface area contributed by atoms with E-state index in [9.17, 15) is 5.11 Å². The van der Waals surface area contributed by atoms with E-state index < -0.39 is 0 Å². The standard InChI is InChI=1S/C20H27N3O/c1-4-23-19-8-6-5-7-17(19)18-11-15(9-10-20(18)23)12-21-13-16(24)14-22(2)3/h5-11,16,21,24H,4,12-14H2,1-3H3. The molecule has 3 rings (SSSR count). The molecule has 2 aromatic carbocycles. The third-order valence-electron chi connectivity index (χ3n) is 4.44. The van der Waals surface area contributed by atoms with Gasteiger partial charge < -0.3 is 19.9 Å². The zero-order valence-electron chi connectivity index (χ0n) is 14.8. The summed E-state index contributed by atoms with van der Waals surface area (Å²) in [5.74, 6) is 0. The Balaban J connectivity index is 1.80. The quantitative estimate of drug-likeness (QED) is 0.702. The lowest BCUT2D eigenvalue weighted by molar-refractivity contribution is 0.134. The molecule has 2 N–H and O–H groups in total. The maximum atomic E-state index is 9.94. The van der Waals surface area contributed by atoms with Crippen LogP contribution in [0.25, 0.3) is 21.8 Å². The SMILES string of the molecule is CCn1c2ccccc2c2cc(CNCC(O)CN(C)C)ccc21. The number of rotatable bonds is 7. The van der Waals surface area contributed by atoms with Crippen molar-refractivity contribution in [1.29, 1.82) is 0 Å². The highest BCUT2D eigenvalue weighted by Crippen LogP contribution is 2.29. The molecule has 0 saturated heterocycles. The Morgan fingerprint density at radius 3 is 2.58 bits per heavy atom. The van der Waals surface area contributed by atoms with E-state index in [-0.39, 0.29) is 6.10 Å². The molecule has 0 aliphatic heterocycles. The maximum Gasteiger partial charge on any atom is 0.0791 e. The van der Waals surface area contributed by atoms with Gasteiger partial charge in [-0.2, -0.15) is 0 Å². The molecule has 0 spiro atoms. The van der Waals surface area contributed by atoms with Crippen LogP contribution >= 0.6 is 0 Å². The molecule has 0 aliphatic carbocycles. The van der Waals surface area contributed by atoms with E-state index in [2.05, 4.69) is 59.3 Å². The molecule has 1 unspecified atom stereocenters. The van der Waals surface area contributed by atoms with Crippen molar-refractivity contribution in [2.45, 2.75) is 26.1 Å². The molecule has 0 radical (unpaired) electrons. The number of fused-ring (bicyclic) bond motifs is 3. The van der Waals surface area contributed by atoms with Crippen LogP contribution in [-0.2, 0) is 13.1 Å². The average Bonchev–Trinajstić information content (AvgIpc) is 2.87. The predicted molar refractivity (Wildman–Crippen MR) is 101 cm³/mol. The summed E-state index contributed by atoms with van der Waals surface area (Å²) in [6.07, 6.45) is -0.342. The Labute approximate surface area is 143 Å². The minimum atomic E-state index is -0.342. The Kier molecular flexibility index (Phi) is 5.19. The highest BCUT2D eigenvalue weighted by molar-refractivity contribution is 6.08. The van der Waals surface area contributed by atoms with Gasteiger partial charge in [-0.05, 0) is 44.8 Å². The van der Waals surface area contributed by atoms with E-state index in [1.165, 1.54) is 27.4 Å². The molecule has 24 heavy (non-hydrogen) atoms. The van der Waals surface area contributed by atoms with Crippen LogP contribution in [-0.4, -0.2) is 47.9 Å². The highest BCUT2D eigenvalue weighted by Gasteiger charge is 2.10. The van der Waals surface area contributed by atoms with Gasteiger partial charge in [-0.1, -0.05) is 24.3 Å². The molecule has 128 valence electrons. The van der Waals surface area contributed by atoms with Crippen molar-refractivity contribution in [1.82, 2.24) is 14.8 Å². The van der Waals surface area contributed by atoms with E-state index in [0.717, 1.165) is 13.1 Å². The number of aromatic nitrogens is 1. The number of para-hydroxylation sites is 1. The molecule has 0 aliphatic rings. The largest absolute Gasteiger partial charge is 0.390 e. The van der Waals surface area contributed by atoms with Gasteiger partial charge >= 0.3 is 0 Å². The third kappa shape index (κ3) is 3.46. The van der Waals surface area contributed by atoms with Crippen LogP contribution in [0.1, 0.15) is 12.5 Å². The second-order valence-electron chi connectivity index (χ2n) is 6.66. The predicted octanol–water partition coefficient (Wildman–Crippen LogP) is 2.83. The van der Waals surface area contributed by atoms with Gasteiger partial charge in [-0.15, -0.1) is 0 Å². The third-order valence-corrected chi connectivity index (χ3v) is 4.44. The van der Waals surface area contributed by atoms with Crippen LogP contribution in [0.5, 0.6) is 0 Å². The number of hydrogen-bond donors (Lipinski definition) is 2. The summed E-state index contributed by atoms with van der Waals surface area (Å²) >= 11 is 0. The van der Waals surface area contributed by atoms with Crippen molar-refractivity contribution in [3.63, 3.8) is 0 Å². The lowest BCUT2D eigenvalue weighted by atomic mass is 10.1. The topological polar surface area (TPSA) is 40.4 Å². The summed E-state index contributed by atoms with van der Waals surface area (Å²) < 4.78 is 2.36. The van der Waals surface area contributed by atoms with Crippen LogP contribution in [0.2, 0.25) is 0 Å². The number of nitrogens with one attached hydrogen (secondary N) is 1. The van der Waals surface area contributed by atoms with Crippen LogP contribution in [0.4, 0.5) is 0 Å². The molecule has 3 aromatic rings. The van der Waals surface area contributed by atoms with Gasteiger partial charge in [0.25, 0.3) is 0 Å². The van der Waals surface area contributed by atoms with E-state index >= 15 is 0 Å². The van der Waals surface area contributed by atoms with E-state index in [0.29, 0.717) is 13.1 Å². The first kappa shape index (κ1) is 17.0. The van der Waals surface area contributed by atoms with Crippen molar-refractivity contribution in [3.05, 3.63) is 48.0 Å². The van der Waals surface area contributed by atoms with Gasteiger partial charge in [0.1, 0.15) is 0 Å². The molecule has 1 aromatic heterocycles. The van der Waals surface area contributed by atoms with Crippen LogP contribution in [0, 0.1) is 0 Å². The molecule has 4 nitrogen and oxygen atoms in total. The molecular weight excluding hydrogens is 298 g/mol. The number of aryl methyl sites for hydroxylation is 1. The molecule has 1 heterocycles. The Hall–Kier alpha value is -1.88. The Bertz CT molecular complexity index is 822. The summed E-state index contributed by atoms with van der Waals surface area (Å²) in [5.41, 5.74) is 3.83. The second kappa shape index (κ2) is 7.34. The van der Waals surface area contributed by atoms with Crippen molar-refractivity contribution < 1.29 is 5.11 Å². The zero-order valence-corrected chi connectivity index (χ0v) is 14.8. The minimum absolute atomic E-state index is 0.342. The fourth-order valence-electron chi connectivity index (χ4n) is 3.42. The minimum Gasteiger partial charge on any atom is -0.390 e. The van der Waals surface area contributed by atoms with Crippen LogP contribution in [0.15, 0.2) is 42.5 Å². The van der Waals surface area contributed by atoms with Crippen molar-refractivity contribution in [2.75, 3.05) is 27.2 Å². The van der Waals surface area contributed by atoms with E-state index in [1.807, 2.05) is 19.0 Å². The first-order valence-corrected chi connectivity index (χ1v) is 8.63. The fourth-order valence-corrected chi connectivity index (χ4v) is 3.42. The zero-order chi connectivity index (χ0) is 17.1. The lowest BCUT2D eigenvalue weighted by Gasteiger charge is -2.16. The van der Waals surface area contributed by atoms with Crippen LogP contribution in [0.3, 0.4) is 0 Å². The van der Waals surface area contributed by atoms with E-state index in [1.54, 1.807) is 0 Å². The van der Waals surface area contributed by atoms with Gasteiger partial charge in [0.05, 0.1) is 6.10 Å². The molecule has 0 amide bonds. The Morgan fingerprint density at radius 2 is 1.83 bits per heavy atom. The maximum absolute atomic E-state index is 9.94. The summed E-state index contributed by atoms with van der Waals surface area (Å²) in [6, 6.07) is 15.3. The smallest absolute Gasteiger partial charge is 0.0791 e. The lowest BCUT2D eigenvalue weighted by Crippen LogP contribution is -2.34. The summed E-state index contributed by atoms with van der Waals surface area (Å²) in [4.78, 5) is 2.00. The Morgan fingerprint density at radius 1 is 1.08 bits per heavy atom. The van der Waals surface area contributed by atoms with Gasteiger partial charge in [0.2, 0.25) is 0 Å². The van der Waals surface area contributed by atoms with Crippen molar-refractivity contribution in [3.8, 4) is 0 Å². The number of likely N-dealkylation sites (N-methyl/N-ethyl adjacent to an activating group) is 1. The van der Waals surface area contributed by atoms with Crippen molar-refractivity contribution in [2.24, 2.45) is 0 Å². The number of nitrogens with zero attached hydrogens (tertiary/aromatic N) is 2. The molecule has 0 saturated carbocycles. The first-order valence-electron chi connectivity index (χ1n) is 8.63. The van der Waals surface area contributed by atoms with Crippen molar-refractivity contribution >= 4 is 21.8 Å². The van der Waals surface area contributed by atoms with Gasteiger partial charge in [0, 0.05) is 48.0 Å². The van der Waals surface area contributed by atoms with Gasteiger partial charge in [-0.25, -0.2) is 0 Å². The normalized spacial score (nSPS) is 13.2.